The van der Waals surface area contributed by atoms with Crippen molar-refractivity contribution in [3.8, 4) is 11.4 Å². The zero-order chi connectivity index (χ0) is 20.4. The summed E-state index contributed by atoms with van der Waals surface area (Å²) in [5.74, 6) is 0.600. The molecule has 4 N–H and O–H groups in total. The van der Waals surface area contributed by atoms with Gasteiger partial charge in [0.05, 0.1) is 5.69 Å². The summed E-state index contributed by atoms with van der Waals surface area (Å²) in [6.45, 7) is 2.58. The number of benzene rings is 1. The molecule has 28 heavy (non-hydrogen) atoms. The summed E-state index contributed by atoms with van der Waals surface area (Å²) >= 11 is 0. The molecule has 1 aliphatic rings. The summed E-state index contributed by atoms with van der Waals surface area (Å²) in [5.41, 5.74) is 7.72. The van der Waals surface area contributed by atoms with E-state index in [4.69, 9.17) is 5.73 Å². The Bertz CT molecular complexity index is 970. The number of nitrogens with two attached hydrogens (primary N) is 1. The standard InChI is InChI=1S/C19H25N5O3S/c1-3-11-21-18(25)22-14-7-5-13(6-8-14)17-23-15(12-16(20)24-17)19(9-4-10-19)28(2,26)27/h5-8,12H,3-4,9-11H2,1-2H3,(H2,20,23,24)(H2,21,22,25). The van der Waals surface area contributed by atoms with Gasteiger partial charge in [0.25, 0.3) is 0 Å². The molecule has 0 spiro atoms. The molecule has 2 amide bonds. The van der Waals surface area contributed by atoms with Gasteiger partial charge in [0.2, 0.25) is 0 Å². The van der Waals surface area contributed by atoms with Crippen LogP contribution in [0.2, 0.25) is 0 Å². The SMILES string of the molecule is CCCNC(=O)Nc1ccc(-c2nc(N)cc(C3(S(C)(=O)=O)CCC3)n2)cc1. The predicted molar refractivity (Wildman–Crippen MR) is 110 cm³/mol. The van der Waals surface area contributed by atoms with Crippen molar-refractivity contribution in [1.29, 1.82) is 0 Å². The van der Waals surface area contributed by atoms with Gasteiger partial charge in [-0.25, -0.2) is 23.2 Å². The molecule has 8 nitrogen and oxygen atoms in total. The van der Waals surface area contributed by atoms with Gasteiger partial charge in [-0.1, -0.05) is 6.92 Å². The van der Waals surface area contributed by atoms with E-state index in [9.17, 15) is 13.2 Å². The van der Waals surface area contributed by atoms with E-state index in [1.165, 1.54) is 6.26 Å². The molecule has 0 saturated heterocycles. The first-order valence-corrected chi connectivity index (χ1v) is 11.1. The molecule has 0 radical (unpaired) electrons. The molecule has 150 valence electrons. The van der Waals surface area contributed by atoms with Crippen LogP contribution in [0.3, 0.4) is 0 Å². The fourth-order valence-electron chi connectivity index (χ4n) is 3.26. The normalized spacial score (nSPS) is 15.5. The minimum absolute atomic E-state index is 0.232. The number of hydrogen-bond donors (Lipinski definition) is 3. The highest BCUT2D eigenvalue weighted by Gasteiger charge is 2.49. The number of aromatic nitrogens is 2. The monoisotopic (exact) mass is 403 g/mol. The number of urea groups is 1. The predicted octanol–water partition coefficient (Wildman–Crippen LogP) is 2.68. The lowest BCUT2D eigenvalue weighted by atomic mass is 9.81. The van der Waals surface area contributed by atoms with Crippen LogP contribution < -0.4 is 16.4 Å². The molecule has 1 heterocycles. The minimum Gasteiger partial charge on any atom is -0.384 e. The van der Waals surface area contributed by atoms with Crippen LogP contribution in [0, 0.1) is 0 Å². The number of carbonyl (C=O) groups excluding carboxylic acids is 1. The van der Waals surface area contributed by atoms with Crippen LogP contribution in [0.1, 0.15) is 38.3 Å². The van der Waals surface area contributed by atoms with Crippen LogP contribution in [0.4, 0.5) is 16.3 Å². The lowest BCUT2D eigenvalue weighted by molar-refractivity contribution is 0.252. The van der Waals surface area contributed by atoms with E-state index >= 15 is 0 Å². The van der Waals surface area contributed by atoms with Crippen molar-refractivity contribution >= 4 is 27.4 Å². The maximum atomic E-state index is 12.4. The molecule has 0 bridgehead atoms. The number of nitrogen functional groups attached to an aromatic ring is 1. The Morgan fingerprint density at radius 1 is 1.21 bits per heavy atom. The summed E-state index contributed by atoms with van der Waals surface area (Å²) < 4.78 is 23.8. The number of rotatable bonds is 6. The third-order valence-electron chi connectivity index (χ3n) is 5.02. The summed E-state index contributed by atoms with van der Waals surface area (Å²) in [6, 6.07) is 8.30. The van der Waals surface area contributed by atoms with Gasteiger partial charge in [-0.3, -0.25) is 0 Å². The molecular formula is C19H25N5O3S. The lowest BCUT2D eigenvalue weighted by Gasteiger charge is -2.39. The number of sulfone groups is 1. The van der Waals surface area contributed by atoms with E-state index in [1.807, 2.05) is 6.92 Å². The second-order valence-corrected chi connectivity index (χ2v) is 9.41. The Labute approximate surface area is 164 Å². The van der Waals surface area contributed by atoms with Crippen molar-refractivity contribution < 1.29 is 13.2 Å². The molecule has 0 atom stereocenters. The van der Waals surface area contributed by atoms with Crippen molar-refractivity contribution in [2.45, 2.75) is 37.4 Å². The van der Waals surface area contributed by atoms with E-state index in [-0.39, 0.29) is 11.8 Å². The summed E-state index contributed by atoms with van der Waals surface area (Å²) in [4.78, 5) is 20.5. The molecule has 1 saturated carbocycles. The summed E-state index contributed by atoms with van der Waals surface area (Å²) in [6.07, 6.45) is 4.02. The van der Waals surface area contributed by atoms with E-state index in [0.717, 1.165) is 12.8 Å². The van der Waals surface area contributed by atoms with E-state index in [0.29, 0.717) is 42.2 Å². The number of nitrogens with zero attached hydrogens (tertiary/aromatic N) is 2. The molecule has 2 aromatic rings. The van der Waals surface area contributed by atoms with Gasteiger partial charge >= 0.3 is 6.03 Å². The van der Waals surface area contributed by atoms with Crippen LogP contribution in [0.5, 0.6) is 0 Å². The second-order valence-electron chi connectivity index (χ2n) is 7.08. The average Bonchev–Trinajstić information content (AvgIpc) is 2.58. The Balaban J connectivity index is 1.86. The molecule has 3 rings (SSSR count). The minimum atomic E-state index is -3.32. The van der Waals surface area contributed by atoms with Crippen molar-refractivity contribution in [2.24, 2.45) is 0 Å². The maximum Gasteiger partial charge on any atom is 0.319 e. The largest absolute Gasteiger partial charge is 0.384 e. The molecule has 1 aromatic heterocycles. The Morgan fingerprint density at radius 3 is 2.43 bits per heavy atom. The van der Waals surface area contributed by atoms with E-state index in [2.05, 4.69) is 20.6 Å². The number of hydrogen-bond acceptors (Lipinski definition) is 6. The lowest BCUT2D eigenvalue weighted by Crippen LogP contribution is -2.42. The Morgan fingerprint density at radius 2 is 1.89 bits per heavy atom. The summed E-state index contributed by atoms with van der Waals surface area (Å²) in [7, 11) is -3.32. The first-order valence-electron chi connectivity index (χ1n) is 9.25. The quantitative estimate of drug-likeness (QED) is 0.680. The molecule has 0 aliphatic heterocycles. The van der Waals surface area contributed by atoms with Gasteiger partial charge in [0, 0.05) is 30.1 Å². The van der Waals surface area contributed by atoms with Crippen molar-refractivity contribution in [2.75, 3.05) is 23.9 Å². The van der Waals surface area contributed by atoms with Gasteiger partial charge in [0.15, 0.2) is 15.7 Å². The van der Waals surface area contributed by atoms with Gasteiger partial charge in [-0.2, -0.15) is 0 Å². The number of amides is 2. The van der Waals surface area contributed by atoms with Crippen LogP contribution in [0.15, 0.2) is 30.3 Å². The number of anilines is 2. The molecule has 1 fully saturated rings. The first-order chi connectivity index (χ1) is 13.2. The van der Waals surface area contributed by atoms with Crippen LogP contribution >= 0.6 is 0 Å². The summed E-state index contributed by atoms with van der Waals surface area (Å²) in [5, 5.41) is 5.48. The topological polar surface area (TPSA) is 127 Å². The van der Waals surface area contributed by atoms with Gasteiger partial charge < -0.3 is 16.4 Å². The first kappa shape index (κ1) is 20.1. The van der Waals surface area contributed by atoms with Gasteiger partial charge in [0.1, 0.15) is 10.6 Å². The van der Waals surface area contributed by atoms with E-state index < -0.39 is 14.6 Å². The number of carbonyl (C=O) groups is 1. The molecule has 1 aliphatic carbocycles. The van der Waals surface area contributed by atoms with Crippen molar-refractivity contribution in [3.05, 3.63) is 36.0 Å². The van der Waals surface area contributed by atoms with Gasteiger partial charge in [-0.05, 0) is 49.9 Å². The molecule has 0 unspecified atom stereocenters. The molecular weight excluding hydrogens is 378 g/mol. The second kappa shape index (κ2) is 7.75. The molecule has 9 heteroatoms. The highest BCUT2D eigenvalue weighted by Crippen LogP contribution is 2.47. The van der Waals surface area contributed by atoms with Crippen LogP contribution in [-0.4, -0.2) is 37.2 Å². The third kappa shape index (κ3) is 3.94. The van der Waals surface area contributed by atoms with Crippen LogP contribution in [0.25, 0.3) is 11.4 Å². The highest BCUT2D eigenvalue weighted by atomic mass is 32.2. The Hall–Kier alpha value is -2.68. The van der Waals surface area contributed by atoms with Crippen molar-refractivity contribution in [1.82, 2.24) is 15.3 Å². The van der Waals surface area contributed by atoms with Crippen LogP contribution in [-0.2, 0) is 14.6 Å². The maximum absolute atomic E-state index is 12.4. The average molecular weight is 404 g/mol. The zero-order valence-electron chi connectivity index (χ0n) is 16.0. The van der Waals surface area contributed by atoms with E-state index in [1.54, 1.807) is 30.3 Å². The number of nitrogens with one attached hydrogen (secondary N) is 2. The highest BCUT2D eigenvalue weighted by molar-refractivity contribution is 7.91. The molecule has 1 aromatic carbocycles. The Kier molecular flexibility index (Phi) is 5.55. The third-order valence-corrected chi connectivity index (χ3v) is 7.06. The smallest absolute Gasteiger partial charge is 0.319 e. The van der Waals surface area contributed by atoms with Crippen molar-refractivity contribution in [3.63, 3.8) is 0 Å². The zero-order valence-corrected chi connectivity index (χ0v) is 16.8. The fraction of sp³-hybridized carbons (Fsp3) is 0.421. The van der Waals surface area contributed by atoms with Gasteiger partial charge in [-0.15, -0.1) is 0 Å². The fourth-order valence-corrected chi connectivity index (χ4v) is 4.77.